The smallest absolute Gasteiger partial charge is 0.312 e. The Morgan fingerprint density at radius 2 is 1.85 bits per heavy atom. The molecule has 1 rings (SSSR count). The first kappa shape index (κ1) is 16.7. The van der Waals surface area contributed by atoms with Crippen molar-refractivity contribution in [3.8, 4) is 6.07 Å². The number of nitrogens with zero attached hydrogens (tertiary/aromatic N) is 2. The second kappa shape index (κ2) is 8.08. The molecule has 0 amide bonds. The van der Waals surface area contributed by atoms with Gasteiger partial charge in [-0.1, -0.05) is 5.16 Å². The molecule has 5 nitrogen and oxygen atoms in total. The minimum Gasteiger partial charge on any atom is -0.312 e. The fraction of sp³-hybridized carbons (Fsp3) is 0.333. The van der Waals surface area contributed by atoms with Crippen LogP contribution in [0.15, 0.2) is 29.4 Å². The monoisotopic (exact) mass is 316 g/mol. The zero-order valence-corrected chi connectivity index (χ0v) is 12.8. The van der Waals surface area contributed by atoms with Gasteiger partial charge in [-0.3, -0.25) is 9.05 Å². The van der Waals surface area contributed by atoms with Crippen LogP contribution in [0.5, 0.6) is 0 Å². The summed E-state index contributed by atoms with van der Waals surface area (Å²) in [5.41, 5.74) is 0.391. The quantitative estimate of drug-likeness (QED) is 0.438. The minimum atomic E-state index is -3.00. The van der Waals surface area contributed by atoms with Crippen LogP contribution in [0.4, 0.5) is 4.39 Å². The molecule has 0 aromatic heterocycles. The van der Waals surface area contributed by atoms with Crippen molar-refractivity contribution in [1.29, 1.82) is 5.26 Å². The zero-order chi connectivity index (χ0) is 15.0. The molecule has 1 aromatic rings. The Kier molecular flexibility index (Phi) is 6.76. The van der Waals surface area contributed by atoms with Crippen LogP contribution in [0.25, 0.3) is 0 Å². The molecule has 1 aromatic carbocycles. The second-order valence-electron chi connectivity index (χ2n) is 3.42. The van der Waals surface area contributed by atoms with E-state index >= 15 is 0 Å². The highest BCUT2D eigenvalue weighted by Gasteiger charge is 2.21. The SMILES string of the molecule is CCOP(=S)(OCC)O/N=C(\C#N)c1ccc(F)cc1. The van der Waals surface area contributed by atoms with Crippen LogP contribution < -0.4 is 0 Å². The first-order valence-corrected chi connectivity index (χ1v) is 8.42. The van der Waals surface area contributed by atoms with Gasteiger partial charge in [-0.15, -0.1) is 0 Å². The van der Waals surface area contributed by atoms with Gasteiger partial charge in [0.25, 0.3) is 0 Å². The predicted octanol–water partition coefficient (Wildman–Crippen LogP) is 3.37. The Bertz CT molecular complexity index is 547. The van der Waals surface area contributed by atoms with Crippen molar-refractivity contribution >= 4 is 24.2 Å². The average Bonchev–Trinajstić information content (AvgIpc) is 2.42. The minimum absolute atomic E-state index is 0.0290. The Morgan fingerprint density at radius 3 is 2.30 bits per heavy atom. The standard InChI is InChI=1S/C12H14FN2O3PS/c1-3-16-19(20,17-4-2)18-15-12(9-14)10-5-7-11(13)8-6-10/h5-8H,3-4H2,1-2H3/b15-12+. The molecule has 8 heteroatoms. The maximum absolute atomic E-state index is 12.8. The van der Waals surface area contributed by atoms with Gasteiger partial charge in [-0.25, -0.2) is 4.39 Å². The van der Waals surface area contributed by atoms with Crippen molar-refractivity contribution in [2.45, 2.75) is 13.8 Å². The largest absolute Gasteiger partial charge is 0.402 e. The van der Waals surface area contributed by atoms with Crippen LogP contribution in [-0.2, 0) is 25.5 Å². The molecule has 0 fully saturated rings. The highest BCUT2D eigenvalue weighted by atomic mass is 32.5. The van der Waals surface area contributed by atoms with Gasteiger partial charge in [0, 0.05) is 17.4 Å². The molecule has 0 bridgehead atoms. The second-order valence-corrected chi connectivity index (χ2v) is 6.34. The first-order chi connectivity index (χ1) is 9.54. The molecule has 0 aliphatic rings. The van der Waals surface area contributed by atoms with Crippen molar-refractivity contribution in [1.82, 2.24) is 0 Å². The van der Waals surface area contributed by atoms with E-state index in [-0.39, 0.29) is 5.71 Å². The molecule has 0 aliphatic heterocycles. The lowest BCUT2D eigenvalue weighted by atomic mass is 10.1. The van der Waals surface area contributed by atoms with Crippen molar-refractivity contribution in [2.75, 3.05) is 13.2 Å². The van der Waals surface area contributed by atoms with Crippen LogP contribution in [-0.4, -0.2) is 18.9 Å². The molecular formula is C12H14FN2O3PS. The lowest BCUT2D eigenvalue weighted by Crippen LogP contribution is -2.01. The van der Waals surface area contributed by atoms with E-state index in [4.69, 9.17) is 30.7 Å². The molecule has 0 saturated heterocycles. The van der Waals surface area contributed by atoms with Crippen molar-refractivity contribution < 1.29 is 18.1 Å². The molecule has 20 heavy (non-hydrogen) atoms. The fourth-order valence-corrected chi connectivity index (χ4v) is 2.95. The molecular weight excluding hydrogens is 302 g/mol. The van der Waals surface area contributed by atoms with Gasteiger partial charge in [0.05, 0.1) is 13.2 Å². The van der Waals surface area contributed by atoms with Crippen LogP contribution in [0, 0.1) is 17.1 Å². The number of benzene rings is 1. The summed E-state index contributed by atoms with van der Waals surface area (Å²) in [6.07, 6.45) is 0. The van der Waals surface area contributed by atoms with E-state index in [1.807, 2.05) is 6.07 Å². The first-order valence-electron chi connectivity index (χ1n) is 5.86. The average molecular weight is 316 g/mol. The van der Waals surface area contributed by atoms with E-state index in [0.29, 0.717) is 18.8 Å². The third-order valence-corrected chi connectivity index (χ3v) is 4.29. The third-order valence-electron chi connectivity index (χ3n) is 2.03. The topological polar surface area (TPSA) is 63.8 Å². The molecule has 0 radical (unpaired) electrons. The van der Waals surface area contributed by atoms with Gasteiger partial charge in [0.15, 0.2) is 5.71 Å². The summed E-state index contributed by atoms with van der Waals surface area (Å²) < 4.78 is 28.4. The number of oxime groups is 1. The van der Waals surface area contributed by atoms with Gasteiger partial charge in [-0.05, 0) is 38.1 Å². The van der Waals surface area contributed by atoms with Crippen LogP contribution in [0.2, 0.25) is 0 Å². The molecule has 0 saturated carbocycles. The Morgan fingerprint density at radius 1 is 1.30 bits per heavy atom. The molecule has 0 aliphatic carbocycles. The van der Waals surface area contributed by atoms with E-state index in [2.05, 4.69) is 5.16 Å². The molecule has 0 N–H and O–H groups in total. The molecule has 0 spiro atoms. The predicted molar refractivity (Wildman–Crippen MR) is 77.2 cm³/mol. The maximum atomic E-state index is 12.8. The number of hydrogen-bond acceptors (Lipinski definition) is 6. The van der Waals surface area contributed by atoms with E-state index in [1.165, 1.54) is 24.3 Å². The third kappa shape index (κ3) is 4.99. The van der Waals surface area contributed by atoms with Gasteiger partial charge >= 0.3 is 6.72 Å². The van der Waals surface area contributed by atoms with Crippen LogP contribution in [0.3, 0.4) is 0 Å². The lowest BCUT2D eigenvalue weighted by molar-refractivity contribution is 0.172. The summed E-state index contributed by atoms with van der Waals surface area (Å²) in [5, 5.41) is 12.7. The number of hydrogen-bond donors (Lipinski definition) is 0. The molecule has 0 atom stereocenters. The molecule has 108 valence electrons. The van der Waals surface area contributed by atoms with E-state index in [1.54, 1.807) is 13.8 Å². The van der Waals surface area contributed by atoms with Crippen molar-refractivity contribution in [3.63, 3.8) is 0 Å². The summed E-state index contributed by atoms with van der Waals surface area (Å²) >= 11 is 5.11. The molecule has 0 unspecified atom stereocenters. The Balaban J connectivity index is 2.92. The fourth-order valence-electron chi connectivity index (χ4n) is 1.24. The summed E-state index contributed by atoms with van der Waals surface area (Å²) in [4.78, 5) is 0. The number of nitriles is 1. The Labute approximate surface area is 122 Å². The maximum Gasteiger partial charge on any atom is 0.402 e. The highest BCUT2D eigenvalue weighted by molar-refractivity contribution is 8.07. The number of rotatable bonds is 7. The summed E-state index contributed by atoms with van der Waals surface area (Å²) in [5.74, 6) is -0.402. The zero-order valence-electron chi connectivity index (χ0n) is 11.1. The van der Waals surface area contributed by atoms with E-state index in [9.17, 15) is 4.39 Å². The van der Waals surface area contributed by atoms with Gasteiger partial charge in [0.1, 0.15) is 11.9 Å². The van der Waals surface area contributed by atoms with Crippen molar-refractivity contribution in [2.24, 2.45) is 5.16 Å². The van der Waals surface area contributed by atoms with Crippen molar-refractivity contribution in [3.05, 3.63) is 35.6 Å². The summed E-state index contributed by atoms with van der Waals surface area (Å²) in [6, 6.07) is 7.15. The van der Waals surface area contributed by atoms with E-state index in [0.717, 1.165) is 0 Å². The van der Waals surface area contributed by atoms with Crippen LogP contribution >= 0.6 is 6.72 Å². The lowest BCUT2D eigenvalue weighted by Gasteiger charge is -2.17. The van der Waals surface area contributed by atoms with Gasteiger partial charge < -0.3 is 4.62 Å². The van der Waals surface area contributed by atoms with Crippen LogP contribution in [0.1, 0.15) is 19.4 Å². The van der Waals surface area contributed by atoms with Gasteiger partial charge in [0.2, 0.25) is 0 Å². The number of halogens is 1. The summed E-state index contributed by atoms with van der Waals surface area (Å²) in [6.45, 7) is 1.12. The highest BCUT2D eigenvalue weighted by Crippen LogP contribution is 2.50. The van der Waals surface area contributed by atoms with E-state index < -0.39 is 12.5 Å². The molecule has 0 heterocycles. The normalized spacial score (nSPS) is 12.0. The Hall–Kier alpha value is -1.32. The summed E-state index contributed by atoms with van der Waals surface area (Å²) in [7, 11) is 0. The van der Waals surface area contributed by atoms with Gasteiger partial charge in [-0.2, -0.15) is 5.26 Å².